The van der Waals surface area contributed by atoms with E-state index in [0.717, 1.165) is 22.6 Å². The molecule has 0 saturated carbocycles. The number of rotatable bonds is 7. The van der Waals surface area contributed by atoms with Gasteiger partial charge in [-0.3, -0.25) is 0 Å². The number of aromatic nitrogens is 2. The summed E-state index contributed by atoms with van der Waals surface area (Å²) >= 11 is 0. The Balaban J connectivity index is 1.52. The number of urea groups is 1. The van der Waals surface area contributed by atoms with Crippen molar-refractivity contribution >= 4 is 6.03 Å². The van der Waals surface area contributed by atoms with Crippen molar-refractivity contribution in [3.63, 3.8) is 0 Å². The van der Waals surface area contributed by atoms with Crippen LogP contribution < -0.4 is 15.4 Å². The fourth-order valence-electron chi connectivity index (χ4n) is 2.85. The van der Waals surface area contributed by atoms with Crippen molar-refractivity contribution in [1.82, 2.24) is 20.4 Å². The molecule has 0 saturated heterocycles. The highest BCUT2D eigenvalue weighted by Crippen LogP contribution is 2.18. The van der Waals surface area contributed by atoms with Gasteiger partial charge in [0.1, 0.15) is 5.75 Å². The number of ether oxygens (including phenoxy) is 1. The molecular formula is C22H26N4O2. The van der Waals surface area contributed by atoms with E-state index in [1.165, 1.54) is 0 Å². The summed E-state index contributed by atoms with van der Waals surface area (Å²) in [5.74, 6) is 0.826. The Bertz CT molecular complexity index is 889. The Kier molecular flexibility index (Phi) is 6.32. The van der Waals surface area contributed by atoms with Crippen LogP contribution in [0.25, 0.3) is 5.69 Å². The van der Waals surface area contributed by atoms with Gasteiger partial charge in [-0.25, -0.2) is 9.48 Å². The van der Waals surface area contributed by atoms with Gasteiger partial charge in [-0.2, -0.15) is 5.10 Å². The van der Waals surface area contributed by atoms with Crippen molar-refractivity contribution < 1.29 is 9.53 Å². The van der Waals surface area contributed by atoms with Gasteiger partial charge in [0.25, 0.3) is 0 Å². The average Bonchev–Trinajstić information content (AvgIpc) is 3.21. The van der Waals surface area contributed by atoms with E-state index >= 15 is 0 Å². The van der Waals surface area contributed by atoms with Crippen molar-refractivity contribution in [2.24, 2.45) is 0 Å². The maximum atomic E-state index is 12.3. The quantitative estimate of drug-likeness (QED) is 0.647. The number of hydrogen-bond donors (Lipinski definition) is 2. The Morgan fingerprint density at radius 3 is 2.57 bits per heavy atom. The van der Waals surface area contributed by atoms with Gasteiger partial charge in [0.05, 0.1) is 17.8 Å². The highest BCUT2D eigenvalue weighted by molar-refractivity contribution is 5.74. The first-order valence-corrected chi connectivity index (χ1v) is 9.41. The third-order valence-electron chi connectivity index (χ3n) is 4.23. The first-order valence-electron chi connectivity index (χ1n) is 9.41. The first-order chi connectivity index (χ1) is 13.5. The van der Waals surface area contributed by atoms with E-state index in [-0.39, 0.29) is 18.2 Å². The number of carbonyl (C=O) groups excluding carboxylic acids is 1. The lowest BCUT2D eigenvalue weighted by atomic mass is 10.1. The molecule has 2 N–H and O–H groups in total. The number of hydrogen-bond acceptors (Lipinski definition) is 3. The molecule has 3 aromatic rings. The largest absolute Gasteiger partial charge is 0.491 e. The summed E-state index contributed by atoms with van der Waals surface area (Å²) in [5.41, 5.74) is 2.99. The Morgan fingerprint density at radius 2 is 1.89 bits per heavy atom. The zero-order valence-electron chi connectivity index (χ0n) is 16.4. The smallest absolute Gasteiger partial charge is 0.315 e. The highest BCUT2D eigenvalue weighted by Gasteiger charge is 2.10. The molecular weight excluding hydrogens is 352 g/mol. The van der Waals surface area contributed by atoms with Crippen molar-refractivity contribution in [2.45, 2.75) is 39.5 Å². The van der Waals surface area contributed by atoms with Crippen LogP contribution in [-0.2, 0) is 6.54 Å². The lowest BCUT2D eigenvalue weighted by molar-refractivity contribution is 0.237. The van der Waals surface area contributed by atoms with E-state index in [2.05, 4.69) is 15.7 Å². The van der Waals surface area contributed by atoms with Crippen LogP contribution in [0.15, 0.2) is 67.0 Å². The lowest BCUT2D eigenvalue weighted by Gasteiger charge is -2.16. The predicted octanol–water partition coefficient (Wildman–Crippen LogP) is 4.22. The fraction of sp³-hybridized carbons (Fsp3) is 0.273. The molecule has 1 unspecified atom stereocenters. The maximum Gasteiger partial charge on any atom is 0.315 e. The molecule has 0 bridgehead atoms. The van der Waals surface area contributed by atoms with Crippen LogP contribution in [-0.4, -0.2) is 21.9 Å². The molecule has 0 radical (unpaired) electrons. The highest BCUT2D eigenvalue weighted by atomic mass is 16.5. The van der Waals surface area contributed by atoms with Crippen molar-refractivity contribution in [2.75, 3.05) is 0 Å². The molecule has 0 aliphatic heterocycles. The normalized spacial score (nSPS) is 11.9. The minimum Gasteiger partial charge on any atom is -0.491 e. The Hall–Kier alpha value is -3.28. The minimum atomic E-state index is -0.209. The van der Waals surface area contributed by atoms with Gasteiger partial charge in [-0.1, -0.05) is 24.3 Å². The van der Waals surface area contributed by atoms with Crippen LogP contribution in [0.2, 0.25) is 0 Å². The van der Waals surface area contributed by atoms with Crippen molar-refractivity contribution in [3.8, 4) is 11.4 Å². The Labute approximate surface area is 165 Å². The van der Waals surface area contributed by atoms with Gasteiger partial charge >= 0.3 is 6.03 Å². The summed E-state index contributed by atoms with van der Waals surface area (Å²) in [4.78, 5) is 12.3. The van der Waals surface area contributed by atoms with Gasteiger partial charge in [0.2, 0.25) is 0 Å². The molecule has 146 valence electrons. The Morgan fingerprint density at radius 1 is 1.11 bits per heavy atom. The zero-order valence-corrected chi connectivity index (χ0v) is 16.4. The molecule has 0 fully saturated rings. The van der Waals surface area contributed by atoms with Crippen LogP contribution in [0.4, 0.5) is 4.79 Å². The molecule has 2 amide bonds. The predicted molar refractivity (Wildman–Crippen MR) is 110 cm³/mol. The number of nitrogens with one attached hydrogen (secondary N) is 2. The molecule has 1 aromatic heterocycles. The third-order valence-corrected chi connectivity index (χ3v) is 4.23. The molecule has 0 aliphatic carbocycles. The van der Waals surface area contributed by atoms with E-state index in [4.69, 9.17) is 4.74 Å². The van der Waals surface area contributed by atoms with Gasteiger partial charge in [0.15, 0.2) is 0 Å². The van der Waals surface area contributed by atoms with E-state index < -0.39 is 0 Å². The number of benzene rings is 2. The summed E-state index contributed by atoms with van der Waals surface area (Å²) in [5, 5.41) is 10.1. The van der Waals surface area contributed by atoms with Crippen LogP contribution in [0.5, 0.6) is 5.75 Å². The van der Waals surface area contributed by atoms with Crippen molar-refractivity contribution in [1.29, 1.82) is 0 Å². The van der Waals surface area contributed by atoms with Gasteiger partial charge in [-0.05, 0) is 62.2 Å². The summed E-state index contributed by atoms with van der Waals surface area (Å²) in [7, 11) is 0. The lowest BCUT2D eigenvalue weighted by Crippen LogP contribution is -2.36. The molecule has 1 atom stereocenters. The summed E-state index contributed by atoms with van der Waals surface area (Å²) in [6.45, 7) is 6.38. The first kappa shape index (κ1) is 19.5. The standard InChI is InChI=1S/C22H26N4O2/c1-16(2)28-21-10-8-19(9-11-21)17(3)25-22(27)23-15-18-6-4-7-20(14-18)26-13-5-12-24-26/h4-14,16-17H,15H2,1-3H3,(H2,23,25,27). The van der Waals surface area contributed by atoms with Crippen molar-refractivity contribution in [3.05, 3.63) is 78.1 Å². The van der Waals surface area contributed by atoms with E-state index in [9.17, 15) is 4.79 Å². The monoisotopic (exact) mass is 378 g/mol. The third kappa shape index (κ3) is 5.36. The van der Waals surface area contributed by atoms with Gasteiger partial charge in [0, 0.05) is 18.9 Å². The number of carbonyl (C=O) groups is 1. The van der Waals surface area contributed by atoms with Crippen LogP contribution in [0.1, 0.15) is 37.9 Å². The molecule has 6 heteroatoms. The van der Waals surface area contributed by atoms with E-state index in [1.54, 1.807) is 10.9 Å². The SMILES string of the molecule is CC(C)Oc1ccc(C(C)NC(=O)NCc2cccc(-n3cccn3)c2)cc1. The average molecular weight is 378 g/mol. The molecule has 0 aliphatic rings. The second-order valence-electron chi connectivity index (χ2n) is 6.90. The zero-order chi connectivity index (χ0) is 19.9. The molecule has 6 nitrogen and oxygen atoms in total. The topological polar surface area (TPSA) is 68.2 Å². The molecule has 0 spiro atoms. The van der Waals surface area contributed by atoms with E-state index in [1.807, 2.05) is 81.6 Å². The second-order valence-corrected chi connectivity index (χ2v) is 6.90. The van der Waals surface area contributed by atoms with Gasteiger partial charge in [-0.15, -0.1) is 0 Å². The maximum absolute atomic E-state index is 12.3. The van der Waals surface area contributed by atoms with Crippen LogP contribution in [0.3, 0.4) is 0 Å². The summed E-state index contributed by atoms with van der Waals surface area (Å²) < 4.78 is 7.44. The minimum absolute atomic E-state index is 0.108. The van der Waals surface area contributed by atoms with Crippen LogP contribution >= 0.6 is 0 Å². The summed E-state index contributed by atoms with van der Waals surface area (Å²) in [6, 6.07) is 17.3. The summed E-state index contributed by atoms with van der Waals surface area (Å²) in [6.07, 6.45) is 3.76. The van der Waals surface area contributed by atoms with E-state index in [0.29, 0.717) is 6.54 Å². The molecule has 1 heterocycles. The van der Waals surface area contributed by atoms with Gasteiger partial charge < -0.3 is 15.4 Å². The fourth-order valence-corrected chi connectivity index (χ4v) is 2.85. The van der Waals surface area contributed by atoms with Crippen LogP contribution in [0, 0.1) is 0 Å². The number of amides is 2. The second kappa shape index (κ2) is 9.08. The number of nitrogens with zero attached hydrogens (tertiary/aromatic N) is 2. The molecule has 28 heavy (non-hydrogen) atoms. The molecule has 3 rings (SSSR count). The molecule has 2 aromatic carbocycles.